The molecule has 1 aromatic rings. The Morgan fingerprint density at radius 1 is 1.33 bits per heavy atom. The number of ether oxygens (including phenoxy) is 1. The monoisotopic (exact) mass is 209 g/mol. The summed E-state index contributed by atoms with van der Waals surface area (Å²) in [5.74, 6) is -0.120. The first-order valence-corrected chi connectivity index (χ1v) is 5.04. The Morgan fingerprint density at radius 2 is 2.13 bits per heavy atom. The van der Waals surface area contributed by atoms with Crippen LogP contribution in [-0.4, -0.2) is 29.9 Å². The van der Waals surface area contributed by atoms with Crippen LogP contribution in [0.15, 0.2) is 12.1 Å². The van der Waals surface area contributed by atoms with Crippen molar-refractivity contribution in [3.63, 3.8) is 0 Å². The zero-order chi connectivity index (χ0) is 10.8. The summed E-state index contributed by atoms with van der Waals surface area (Å²) in [6.07, 6.45) is -0.176. The van der Waals surface area contributed by atoms with Crippen LogP contribution in [0, 0.1) is 6.92 Å². The van der Waals surface area contributed by atoms with E-state index in [1.807, 2.05) is 0 Å². The lowest BCUT2D eigenvalue weighted by Crippen LogP contribution is -2.33. The topological polar surface area (TPSA) is 61.7 Å². The molecule has 3 N–H and O–H groups in total. The van der Waals surface area contributed by atoms with Crippen molar-refractivity contribution in [3.05, 3.63) is 23.3 Å². The van der Waals surface area contributed by atoms with Gasteiger partial charge in [-0.1, -0.05) is 12.1 Å². The lowest BCUT2D eigenvalue weighted by molar-refractivity contribution is 0.0261. The van der Waals surface area contributed by atoms with Crippen LogP contribution in [0.5, 0.6) is 11.5 Å². The molecule has 1 atom stereocenters. The first-order chi connectivity index (χ1) is 7.20. The van der Waals surface area contributed by atoms with Crippen molar-refractivity contribution in [1.82, 2.24) is 5.32 Å². The molecule has 15 heavy (non-hydrogen) atoms. The molecule has 0 spiro atoms. The smallest absolute Gasteiger partial charge is 0.163 e. The number of aromatic hydroxyl groups is 2. The molecule has 1 aromatic carbocycles. The van der Waals surface area contributed by atoms with Crippen molar-refractivity contribution in [1.29, 1.82) is 0 Å². The minimum absolute atomic E-state index is 0.0540. The molecule has 1 saturated heterocycles. The van der Waals surface area contributed by atoms with Crippen LogP contribution in [0.2, 0.25) is 0 Å². The first kappa shape index (κ1) is 10.3. The fourth-order valence-corrected chi connectivity index (χ4v) is 1.72. The highest BCUT2D eigenvalue weighted by Gasteiger charge is 2.21. The molecule has 0 amide bonds. The van der Waals surface area contributed by atoms with E-state index in [0.29, 0.717) is 24.3 Å². The maximum absolute atomic E-state index is 9.77. The molecule has 4 heteroatoms. The van der Waals surface area contributed by atoms with E-state index in [1.165, 1.54) is 0 Å². The fourth-order valence-electron chi connectivity index (χ4n) is 1.72. The molecular formula is C11H15NO3. The van der Waals surface area contributed by atoms with Gasteiger partial charge < -0.3 is 20.3 Å². The molecule has 1 unspecified atom stereocenters. The maximum Gasteiger partial charge on any atom is 0.163 e. The van der Waals surface area contributed by atoms with Crippen LogP contribution in [0.4, 0.5) is 0 Å². The summed E-state index contributed by atoms with van der Waals surface area (Å²) in [5.41, 5.74) is 1.31. The zero-order valence-electron chi connectivity index (χ0n) is 8.66. The Bertz CT molecular complexity index is 359. The highest BCUT2D eigenvalue weighted by Crippen LogP contribution is 2.36. The predicted molar refractivity (Wildman–Crippen MR) is 56.1 cm³/mol. The number of aryl methyl sites for hydroxylation is 1. The summed E-state index contributed by atoms with van der Waals surface area (Å²) in [6, 6.07) is 3.57. The molecule has 0 aromatic heterocycles. The van der Waals surface area contributed by atoms with Crippen molar-refractivity contribution >= 4 is 0 Å². The Kier molecular flexibility index (Phi) is 2.79. The number of rotatable bonds is 1. The van der Waals surface area contributed by atoms with Crippen LogP contribution in [0.1, 0.15) is 17.2 Å². The van der Waals surface area contributed by atoms with Gasteiger partial charge in [-0.25, -0.2) is 0 Å². The summed E-state index contributed by atoms with van der Waals surface area (Å²) in [7, 11) is 0. The largest absolute Gasteiger partial charge is 0.504 e. The van der Waals surface area contributed by atoms with E-state index in [9.17, 15) is 10.2 Å². The van der Waals surface area contributed by atoms with Crippen LogP contribution >= 0.6 is 0 Å². The molecular weight excluding hydrogens is 194 g/mol. The minimum Gasteiger partial charge on any atom is -0.504 e. The van der Waals surface area contributed by atoms with Gasteiger partial charge in [-0.2, -0.15) is 0 Å². The average Bonchev–Trinajstić information content (AvgIpc) is 2.27. The van der Waals surface area contributed by atoms with E-state index in [0.717, 1.165) is 6.54 Å². The van der Waals surface area contributed by atoms with E-state index in [4.69, 9.17) is 4.74 Å². The van der Waals surface area contributed by atoms with Gasteiger partial charge in [-0.3, -0.25) is 0 Å². The Morgan fingerprint density at radius 3 is 2.80 bits per heavy atom. The van der Waals surface area contributed by atoms with Crippen LogP contribution in [0.25, 0.3) is 0 Å². The highest BCUT2D eigenvalue weighted by molar-refractivity contribution is 5.50. The van der Waals surface area contributed by atoms with Crippen molar-refractivity contribution in [2.45, 2.75) is 13.0 Å². The van der Waals surface area contributed by atoms with Gasteiger partial charge in [0.1, 0.15) is 0 Å². The summed E-state index contributed by atoms with van der Waals surface area (Å²) in [6.45, 7) is 3.86. The van der Waals surface area contributed by atoms with Crippen LogP contribution in [0.3, 0.4) is 0 Å². The number of phenolic OH excluding ortho intramolecular Hbond substituents is 2. The van der Waals surface area contributed by atoms with Gasteiger partial charge in [0.25, 0.3) is 0 Å². The standard InChI is InChI=1S/C11H15NO3/c1-7-2-3-8(11(14)10(7)13)9-6-12-4-5-15-9/h2-3,9,12-14H,4-6H2,1H3. The van der Waals surface area contributed by atoms with E-state index >= 15 is 0 Å². The molecule has 2 rings (SSSR count). The molecule has 4 nitrogen and oxygen atoms in total. The van der Waals surface area contributed by atoms with Gasteiger partial charge in [-0.15, -0.1) is 0 Å². The predicted octanol–water partition coefficient (Wildman–Crippen LogP) is 1.07. The highest BCUT2D eigenvalue weighted by atomic mass is 16.5. The second-order valence-electron chi connectivity index (χ2n) is 3.73. The molecule has 82 valence electrons. The number of hydrogen-bond donors (Lipinski definition) is 3. The molecule has 0 bridgehead atoms. The van der Waals surface area contributed by atoms with Gasteiger partial charge in [0, 0.05) is 18.7 Å². The maximum atomic E-state index is 9.77. The summed E-state index contributed by atoms with van der Waals surface area (Å²) >= 11 is 0. The van der Waals surface area contributed by atoms with E-state index in [-0.39, 0.29) is 17.6 Å². The van der Waals surface area contributed by atoms with E-state index in [2.05, 4.69) is 5.32 Å². The van der Waals surface area contributed by atoms with Crippen molar-refractivity contribution in [2.75, 3.05) is 19.7 Å². The quantitative estimate of drug-likeness (QED) is 0.605. The van der Waals surface area contributed by atoms with Gasteiger partial charge >= 0.3 is 0 Å². The van der Waals surface area contributed by atoms with Gasteiger partial charge in [0.15, 0.2) is 11.5 Å². The number of hydrogen-bond acceptors (Lipinski definition) is 4. The Balaban J connectivity index is 2.31. The van der Waals surface area contributed by atoms with Crippen molar-refractivity contribution in [3.8, 4) is 11.5 Å². The van der Waals surface area contributed by atoms with Crippen LogP contribution < -0.4 is 5.32 Å². The third-order valence-electron chi connectivity index (χ3n) is 2.66. The first-order valence-electron chi connectivity index (χ1n) is 5.04. The summed E-state index contributed by atoms with van der Waals surface area (Å²) in [5, 5.41) is 22.5. The second-order valence-corrected chi connectivity index (χ2v) is 3.73. The summed E-state index contributed by atoms with van der Waals surface area (Å²) in [4.78, 5) is 0. The van der Waals surface area contributed by atoms with Gasteiger partial charge in [0.2, 0.25) is 0 Å². The Hall–Kier alpha value is -1.26. The second kappa shape index (κ2) is 4.08. The number of morpholine rings is 1. The zero-order valence-corrected chi connectivity index (χ0v) is 8.66. The van der Waals surface area contributed by atoms with Crippen molar-refractivity contribution in [2.24, 2.45) is 0 Å². The number of nitrogens with one attached hydrogen (secondary N) is 1. The lowest BCUT2D eigenvalue weighted by Gasteiger charge is -2.24. The third-order valence-corrected chi connectivity index (χ3v) is 2.66. The van der Waals surface area contributed by atoms with Gasteiger partial charge in [0.05, 0.1) is 12.7 Å². The Labute approximate surface area is 88.5 Å². The molecule has 0 saturated carbocycles. The number of phenols is 2. The SMILES string of the molecule is Cc1ccc(C2CNCCO2)c(O)c1O. The van der Waals surface area contributed by atoms with E-state index < -0.39 is 0 Å². The van der Waals surface area contributed by atoms with Crippen molar-refractivity contribution < 1.29 is 14.9 Å². The average molecular weight is 209 g/mol. The molecule has 1 heterocycles. The van der Waals surface area contributed by atoms with E-state index in [1.54, 1.807) is 19.1 Å². The molecule has 1 fully saturated rings. The van der Waals surface area contributed by atoms with Crippen LogP contribution in [-0.2, 0) is 4.74 Å². The molecule has 0 radical (unpaired) electrons. The third kappa shape index (κ3) is 1.91. The molecule has 0 aliphatic carbocycles. The normalized spacial score (nSPS) is 21.5. The van der Waals surface area contributed by atoms with Gasteiger partial charge in [-0.05, 0) is 12.5 Å². The molecule has 1 aliphatic heterocycles. The lowest BCUT2D eigenvalue weighted by atomic mass is 10.0. The minimum atomic E-state index is -0.176. The summed E-state index contributed by atoms with van der Waals surface area (Å²) < 4.78 is 5.51. The fraction of sp³-hybridized carbons (Fsp3) is 0.455. The number of benzene rings is 1. The molecule has 1 aliphatic rings.